The Bertz CT molecular complexity index is 662. The van der Waals surface area contributed by atoms with Gasteiger partial charge in [0.25, 0.3) is 0 Å². The third kappa shape index (κ3) is 11.9. The fourth-order valence-electron chi connectivity index (χ4n) is 2.64. The van der Waals surface area contributed by atoms with Gasteiger partial charge in [0.1, 0.15) is 18.1 Å². The number of aliphatic hydroxyl groups excluding tert-OH is 1. The fourth-order valence-corrected chi connectivity index (χ4v) is 3.13. The van der Waals surface area contributed by atoms with Gasteiger partial charge in [-0.15, -0.1) is 0 Å². The lowest BCUT2D eigenvalue weighted by atomic mass is 10.0. The van der Waals surface area contributed by atoms with Crippen molar-refractivity contribution in [2.24, 2.45) is 17.4 Å². The molecule has 0 aromatic heterocycles. The van der Waals surface area contributed by atoms with E-state index in [1.165, 1.54) is 11.8 Å². The van der Waals surface area contributed by atoms with Crippen molar-refractivity contribution in [3.63, 3.8) is 0 Å². The molecule has 12 nitrogen and oxygen atoms in total. The first-order valence-corrected chi connectivity index (χ1v) is 11.6. The average Bonchev–Trinajstić information content (AvgIpc) is 2.71. The topological polar surface area (TPSA) is 214 Å². The number of hydrogen-bond acceptors (Lipinski definition) is 8. The summed E-state index contributed by atoms with van der Waals surface area (Å²) < 4.78 is 0. The number of amides is 4. The largest absolute Gasteiger partial charge is 0.480 e. The minimum Gasteiger partial charge on any atom is -0.480 e. The number of hydrogen-bond donors (Lipinski definition) is 7. The summed E-state index contributed by atoms with van der Waals surface area (Å²) in [5, 5.41) is 25.8. The van der Waals surface area contributed by atoms with Crippen molar-refractivity contribution in [3.05, 3.63) is 0 Å². The molecule has 0 rings (SSSR count). The molecule has 13 heteroatoms. The Labute approximate surface area is 191 Å². The molecule has 0 aromatic carbocycles. The van der Waals surface area contributed by atoms with E-state index in [0.29, 0.717) is 12.2 Å². The second-order valence-corrected chi connectivity index (χ2v) is 8.71. The molecular formula is C19H35N5O7S. The highest BCUT2D eigenvalue weighted by molar-refractivity contribution is 7.98. The summed E-state index contributed by atoms with van der Waals surface area (Å²) >= 11 is 1.50. The van der Waals surface area contributed by atoms with Crippen molar-refractivity contribution in [2.45, 2.75) is 63.7 Å². The third-order valence-electron chi connectivity index (χ3n) is 4.42. The number of carboxylic acid groups (broad SMARTS) is 1. The van der Waals surface area contributed by atoms with Gasteiger partial charge >= 0.3 is 5.97 Å². The van der Waals surface area contributed by atoms with Crippen LogP contribution in [0.3, 0.4) is 0 Å². The normalized spacial score (nSPS) is 14.7. The lowest BCUT2D eigenvalue weighted by molar-refractivity contribution is -0.143. The van der Waals surface area contributed by atoms with E-state index in [0.717, 1.165) is 0 Å². The number of aliphatic carboxylic acids is 1. The van der Waals surface area contributed by atoms with Crippen molar-refractivity contribution in [3.8, 4) is 0 Å². The molecule has 0 heterocycles. The van der Waals surface area contributed by atoms with Crippen LogP contribution in [0.2, 0.25) is 0 Å². The van der Waals surface area contributed by atoms with Gasteiger partial charge in [0, 0.05) is 6.42 Å². The van der Waals surface area contributed by atoms with Crippen LogP contribution in [0.4, 0.5) is 0 Å². The summed E-state index contributed by atoms with van der Waals surface area (Å²) in [7, 11) is 0. The van der Waals surface area contributed by atoms with Crippen molar-refractivity contribution in [1.82, 2.24) is 16.0 Å². The van der Waals surface area contributed by atoms with E-state index in [-0.39, 0.29) is 25.2 Å². The molecule has 0 saturated heterocycles. The molecule has 0 aliphatic carbocycles. The lowest BCUT2D eigenvalue weighted by Crippen LogP contribution is -2.58. The molecule has 0 saturated carbocycles. The molecule has 4 unspecified atom stereocenters. The van der Waals surface area contributed by atoms with Crippen molar-refractivity contribution in [2.75, 3.05) is 18.6 Å². The van der Waals surface area contributed by atoms with Crippen LogP contribution in [0.15, 0.2) is 0 Å². The van der Waals surface area contributed by atoms with Crippen LogP contribution >= 0.6 is 11.8 Å². The number of carbonyl (C=O) groups excluding carboxylic acids is 4. The summed E-state index contributed by atoms with van der Waals surface area (Å²) in [6, 6.07) is -4.78. The summed E-state index contributed by atoms with van der Waals surface area (Å²) in [6.07, 6.45) is 1.92. The molecule has 4 amide bonds. The first kappa shape index (κ1) is 29.6. The molecule has 0 fully saturated rings. The van der Waals surface area contributed by atoms with E-state index in [2.05, 4.69) is 16.0 Å². The van der Waals surface area contributed by atoms with Gasteiger partial charge in [-0.25, -0.2) is 4.79 Å². The number of rotatable bonds is 16. The maximum Gasteiger partial charge on any atom is 0.326 e. The Hall–Kier alpha value is -2.38. The van der Waals surface area contributed by atoms with Crippen LogP contribution in [0, 0.1) is 5.92 Å². The van der Waals surface area contributed by atoms with Crippen molar-refractivity contribution in [1.29, 1.82) is 0 Å². The molecule has 0 aromatic rings. The Morgan fingerprint density at radius 2 is 1.44 bits per heavy atom. The maximum absolute atomic E-state index is 12.6. The van der Waals surface area contributed by atoms with Crippen LogP contribution < -0.4 is 27.4 Å². The predicted octanol–water partition coefficient (Wildman–Crippen LogP) is -2.09. The highest BCUT2D eigenvalue weighted by atomic mass is 32.2. The first-order valence-electron chi connectivity index (χ1n) is 10.2. The Balaban J connectivity index is 5.29. The van der Waals surface area contributed by atoms with Gasteiger partial charge in [-0.1, -0.05) is 13.8 Å². The number of nitrogens with two attached hydrogens (primary N) is 2. The lowest BCUT2D eigenvalue weighted by Gasteiger charge is -2.24. The van der Waals surface area contributed by atoms with E-state index in [4.69, 9.17) is 11.5 Å². The van der Waals surface area contributed by atoms with Crippen molar-refractivity contribution >= 4 is 41.4 Å². The van der Waals surface area contributed by atoms with Crippen LogP contribution in [-0.2, 0) is 24.0 Å². The van der Waals surface area contributed by atoms with E-state index in [1.54, 1.807) is 13.8 Å². The summed E-state index contributed by atoms with van der Waals surface area (Å²) in [5.41, 5.74) is 10.9. The van der Waals surface area contributed by atoms with Gasteiger partial charge < -0.3 is 37.6 Å². The van der Waals surface area contributed by atoms with Gasteiger partial charge in [0.2, 0.25) is 23.6 Å². The number of aliphatic hydroxyl groups is 1. The highest BCUT2D eigenvalue weighted by Crippen LogP contribution is 2.07. The van der Waals surface area contributed by atoms with Gasteiger partial charge in [-0.2, -0.15) is 11.8 Å². The molecule has 9 N–H and O–H groups in total. The molecule has 0 radical (unpaired) electrons. The molecule has 32 heavy (non-hydrogen) atoms. The van der Waals surface area contributed by atoms with E-state index >= 15 is 0 Å². The van der Waals surface area contributed by atoms with E-state index < -0.39 is 60.4 Å². The molecule has 0 spiro atoms. The van der Waals surface area contributed by atoms with E-state index in [1.807, 2.05) is 6.26 Å². The zero-order valence-corrected chi connectivity index (χ0v) is 19.4. The first-order chi connectivity index (χ1) is 14.9. The van der Waals surface area contributed by atoms with Crippen LogP contribution in [-0.4, -0.2) is 82.6 Å². The van der Waals surface area contributed by atoms with Gasteiger partial charge in [-0.05, 0) is 37.2 Å². The highest BCUT2D eigenvalue weighted by Gasteiger charge is 2.30. The summed E-state index contributed by atoms with van der Waals surface area (Å²) in [5.74, 6) is -3.73. The second kappa shape index (κ2) is 15.4. The Kier molecular flexibility index (Phi) is 14.3. The fraction of sp³-hybridized carbons (Fsp3) is 0.737. The predicted molar refractivity (Wildman–Crippen MR) is 119 cm³/mol. The Morgan fingerprint density at radius 3 is 1.91 bits per heavy atom. The number of primary amides is 1. The maximum atomic E-state index is 12.6. The number of thioether (sulfide) groups is 1. The smallest absolute Gasteiger partial charge is 0.326 e. The molecule has 0 aliphatic heterocycles. The Morgan fingerprint density at radius 1 is 0.906 bits per heavy atom. The molecular weight excluding hydrogens is 442 g/mol. The number of carbonyl (C=O) groups is 5. The summed E-state index contributed by atoms with van der Waals surface area (Å²) in [4.78, 5) is 59.9. The number of carboxylic acids is 1. The monoisotopic (exact) mass is 477 g/mol. The van der Waals surface area contributed by atoms with Gasteiger partial charge in [-0.3, -0.25) is 19.2 Å². The van der Waals surface area contributed by atoms with Gasteiger partial charge in [0.05, 0.1) is 12.6 Å². The average molecular weight is 478 g/mol. The zero-order valence-electron chi connectivity index (χ0n) is 18.6. The van der Waals surface area contributed by atoms with Crippen LogP contribution in [0.1, 0.15) is 39.5 Å². The quantitative estimate of drug-likeness (QED) is 0.129. The van der Waals surface area contributed by atoms with Crippen LogP contribution in [0.25, 0.3) is 0 Å². The number of nitrogens with one attached hydrogen (secondary N) is 3. The zero-order chi connectivity index (χ0) is 24.8. The molecule has 0 bridgehead atoms. The molecule has 184 valence electrons. The second-order valence-electron chi connectivity index (χ2n) is 7.73. The van der Waals surface area contributed by atoms with E-state index in [9.17, 15) is 34.2 Å². The summed E-state index contributed by atoms with van der Waals surface area (Å²) in [6.45, 7) is 2.81. The molecule has 0 aliphatic rings. The van der Waals surface area contributed by atoms with Crippen LogP contribution in [0.5, 0.6) is 0 Å². The minimum atomic E-state index is -1.39. The standard InChI is InChI=1S/C19H35N5O7S/c1-10(2)8-13(19(30)31)23-17(28)12(4-5-15(21)26)22-18(29)14(9-25)24-16(27)11(20)6-7-32-3/h10-14,25H,4-9,20H2,1-3H3,(H2,21,26)(H,22,29)(H,23,28)(H,24,27)(H,30,31). The minimum absolute atomic E-state index is 0.0284. The van der Waals surface area contributed by atoms with Gasteiger partial charge in [0.15, 0.2) is 0 Å². The SMILES string of the molecule is CSCCC(N)C(=O)NC(CO)C(=O)NC(CCC(N)=O)C(=O)NC(CC(C)C)C(=O)O. The molecule has 4 atom stereocenters. The third-order valence-corrected chi connectivity index (χ3v) is 5.06. The van der Waals surface area contributed by atoms with Crippen molar-refractivity contribution < 1.29 is 34.2 Å².